The summed E-state index contributed by atoms with van der Waals surface area (Å²) in [5.74, 6) is 3.81. The van der Waals surface area contributed by atoms with Gasteiger partial charge in [-0.3, -0.25) is 0 Å². The van der Waals surface area contributed by atoms with Gasteiger partial charge >= 0.3 is 0 Å². The summed E-state index contributed by atoms with van der Waals surface area (Å²) in [6.07, 6.45) is 1.82. The van der Waals surface area contributed by atoms with E-state index in [9.17, 15) is 0 Å². The van der Waals surface area contributed by atoms with Gasteiger partial charge in [-0.25, -0.2) is 0 Å². The number of aryl methyl sites for hydroxylation is 2. The smallest absolute Gasteiger partial charge is 0.128 e. The van der Waals surface area contributed by atoms with Crippen LogP contribution in [0.1, 0.15) is 42.9 Å². The number of furan rings is 2. The minimum absolute atomic E-state index is 0.00407. The molecule has 92 valence electrons. The summed E-state index contributed by atoms with van der Waals surface area (Å²) in [5, 5.41) is 3.22. The average molecular weight is 233 g/mol. The minimum Gasteiger partial charge on any atom is -0.464 e. The van der Waals surface area contributed by atoms with Crippen LogP contribution in [0.15, 0.2) is 33.1 Å². The van der Waals surface area contributed by atoms with Crippen LogP contribution in [-0.4, -0.2) is 7.05 Å². The molecule has 0 spiro atoms. The van der Waals surface area contributed by atoms with Gasteiger partial charge in [-0.15, -0.1) is 0 Å². The lowest BCUT2D eigenvalue weighted by Gasteiger charge is -2.10. The van der Waals surface area contributed by atoms with Gasteiger partial charge in [0.05, 0.1) is 0 Å². The third-order valence-corrected chi connectivity index (χ3v) is 2.92. The summed E-state index contributed by atoms with van der Waals surface area (Å²) in [7, 11) is 1.91. The second kappa shape index (κ2) is 5.23. The molecule has 2 aromatic heterocycles. The Labute approximate surface area is 102 Å². The van der Waals surface area contributed by atoms with E-state index in [-0.39, 0.29) is 6.04 Å². The molecule has 0 bridgehead atoms. The molecule has 2 heterocycles. The molecule has 0 saturated carbocycles. The molecule has 2 rings (SSSR count). The Hall–Kier alpha value is -1.48. The number of nitrogens with one attached hydrogen (secondary N) is 1. The van der Waals surface area contributed by atoms with Crippen molar-refractivity contribution in [3.05, 3.63) is 47.3 Å². The second-order valence-electron chi connectivity index (χ2n) is 4.04. The minimum atomic E-state index is -0.00407. The van der Waals surface area contributed by atoms with Crippen molar-refractivity contribution in [1.82, 2.24) is 5.32 Å². The van der Waals surface area contributed by atoms with Gasteiger partial charge in [0, 0.05) is 12.8 Å². The lowest BCUT2D eigenvalue weighted by atomic mass is 10.2. The fraction of sp³-hybridized carbons (Fsp3) is 0.429. The van der Waals surface area contributed by atoms with E-state index in [0.29, 0.717) is 0 Å². The highest BCUT2D eigenvalue weighted by molar-refractivity contribution is 5.21. The summed E-state index contributed by atoms with van der Waals surface area (Å²) in [4.78, 5) is 0. The third kappa shape index (κ3) is 2.44. The first-order chi connectivity index (χ1) is 8.28. The third-order valence-electron chi connectivity index (χ3n) is 2.92. The van der Waals surface area contributed by atoms with Crippen molar-refractivity contribution >= 4 is 0 Å². The van der Waals surface area contributed by atoms with E-state index in [1.165, 1.54) is 0 Å². The first-order valence-electron chi connectivity index (χ1n) is 6.13. The van der Waals surface area contributed by atoms with Gasteiger partial charge < -0.3 is 14.2 Å². The molecule has 0 saturated heterocycles. The molecule has 2 aromatic rings. The second-order valence-corrected chi connectivity index (χ2v) is 4.04. The number of hydrogen-bond acceptors (Lipinski definition) is 3. The van der Waals surface area contributed by atoms with Crippen molar-refractivity contribution in [3.63, 3.8) is 0 Å². The number of rotatable bonds is 5. The van der Waals surface area contributed by atoms with Gasteiger partial charge in [-0.05, 0) is 31.3 Å². The standard InChI is InChI=1S/C14H19NO2/c1-4-10-6-8-12(16-10)14(15-3)13-9-7-11(5-2)17-13/h6-9,14-15H,4-5H2,1-3H3. The highest BCUT2D eigenvalue weighted by atomic mass is 16.4. The topological polar surface area (TPSA) is 38.3 Å². The van der Waals surface area contributed by atoms with Crippen molar-refractivity contribution in [3.8, 4) is 0 Å². The van der Waals surface area contributed by atoms with E-state index in [2.05, 4.69) is 19.2 Å². The van der Waals surface area contributed by atoms with Gasteiger partial charge in [-0.1, -0.05) is 13.8 Å². The van der Waals surface area contributed by atoms with E-state index in [0.717, 1.165) is 35.9 Å². The Balaban J connectivity index is 2.26. The van der Waals surface area contributed by atoms with Crippen LogP contribution in [0.4, 0.5) is 0 Å². The fourth-order valence-electron chi connectivity index (χ4n) is 1.90. The molecule has 0 amide bonds. The molecular weight excluding hydrogens is 214 g/mol. The Bertz CT molecular complexity index is 428. The SMILES string of the molecule is CCc1ccc(C(NC)c2ccc(CC)o2)o1. The van der Waals surface area contributed by atoms with Crippen LogP contribution < -0.4 is 5.32 Å². The van der Waals surface area contributed by atoms with Crippen molar-refractivity contribution in [1.29, 1.82) is 0 Å². The van der Waals surface area contributed by atoms with E-state index in [1.807, 2.05) is 31.3 Å². The zero-order chi connectivity index (χ0) is 12.3. The highest BCUT2D eigenvalue weighted by Crippen LogP contribution is 2.25. The van der Waals surface area contributed by atoms with Crippen molar-refractivity contribution in [2.45, 2.75) is 32.7 Å². The van der Waals surface area contributed by atoms with Gasteiger partial charge in [0.1, 0.15) is 29.1 Å². The molecule has 0 radical (unpaired) electrons. The summed E-state index contributed by atoms with van der Waals surface area (Å²) < 4.78 is 11.5. The zero-order valence-electron chi connectivity index (χ0n) is 10.6. The normalized spacial score (nSPS) is 11.3. The van der Waals surface area contributed by atoms with Crippen LogP contribution in [0.25, 0.3) is 0 Å². The summed E-state index contributed by atoms with van der Waals surface area (Å²) in [6.45, 7) is 4.16. The lowest BCUT2D eigenvalue weighted by Crippen LogP contribution is -2.16. The quantitative estimate of drug-likeness (QED) is 0.861. The molecule has 0 aliphatic carbocycles. The molecule has 0 unspecified atom stereocenters. The van der Waals surface area contributed by atoms with Crippen LogP contribution in [-0.2, 0) is 12.8 Å². The fourth-order valence-corrected chi connectivity index (χ4v) is 1.90. The average Bonchev–Trinajstić information content (AvgIpc) is 2.99. The van der Waals surface area contributed by atoms with Crippen LogP contribution in [0, 0.1) is 0 Å². The van der Waals surface area contributed by atoms with E-state index < -0.39 is 0 Å². The zero-order valence-corrected chi connectivity index (χ0v) is 10.6. The molecule has 17 heavy (non-hydrogen) atoms. The van der Waals surface area contributed by atoms with Crippen LogP contribution in [0.3, 0.4) is 0 Å². The Kier molecular flexibility index (Phi) is 3.69. The van der Waals surface area contributed by atoms with Gasteiger partial charge in [0.2, 0.25) is 0 Å². The monoisotopic (exact) mass is 233 g/mol. The van der Waals surface area contributed by atoms with E-state index >= 15 is 0 Å². The molecule has 3 nitrogen and oxygen atoms in total. The largest absolute Gasteiger partial charge is 0.464 e. The maximum atomic E-state index is 5.76. The molecule has 3 heteroatoms. The Morgan fingerprint density at radius 1 is 0.941 bits per heavy atom. The molecule has 0 aliphatic heterocycles. The maximum absolute atomic E-state index is 5.76. The molecule has 0 aliphatic rings. The number of hydrogen-bond donors (Lipinski definition) is 1. The van der Waals surface area contributed by atoms with E-state index in [1.54, 1.807) is 0 Å². The van der Waals surface area contributed by atoms with Gasteiger partial charge in [0.25, 0.3) is 0 Å². The van der Waals surface area contributed by atoms with Crippen LogP contribution >= 0.6 is 0 Å². The van der Waals surface area contributed by atoms with E-state index in [4.69, 9.17) is 8.83 Å². The van der Waals surface area contributed by atoms with Crippen molar-refractivity contribution in [2.24, 2.45) is 0 Å². The first kappa shape index (κ1) is 12.0. The summed E-state index contributed by atoms with van der Waals surface area (Å²) >= 11 is 0. The Morgan fingerprint density at radius 3 is 1.71 bits per heavy atom. The van der Waals surface area contributed by atoms with Crippen molar-refractivity contribution < 1.29 is 8.83 Å². The van der Waals surface area contributed by atoms with Crippen LogP contribution in [0.5, 0.6) is 0 Å². The highest BCUT2D eigenvalue weighted by Gasteiger charge is 2.19. The van der Waals surface area contributed by atoms with Gasteiger partial charge in [0.15, 0.2) is 0 Å². The molecule has 0 fully saturated rings. The first-order valence-corrected chi connectivity index (χ1v) is 6.13. The van der Waals surface area contributed by atoms with Crippen molar-refractivity contribution in [2.75, 3.05) is 7.05 Å². The summed E-state index contributed by atoms with van der Waals surface area (Å²) in [6, 6.07) is 8.05. The predicted octanol–water partition coefficient (Wildman–Crippen LogP) is 3.31. The lowest BCUT2D eigenvalue weighted by molar-refractivity contribution is 0.379. The molecule has 1 N–H and O–H groups in total. The molecular formula is C14H19NO2. The maximum Gasteiger partial charge on any atom is 0.128 e. The van der Waals surface area contributed by atoms with Crippen LogP contribution in [0.2, 0.25) is 0 Å². The predicted molar refractivity (Wildman–Crippen MR) is 67.1 cm³/mol. The molecule has 0 aromatic carbocycles. The molecule has 0 atom stereocenters. The summed E-state index contributed by atoms with van der Waals surface area (Å²) in [5.41, 5.74) is 0. The van der Waals surface area contributed by atoms with Gasteiger partial charge in [-0.2, -0.15) is 0 Å². The Morgan fingerprint density at radius 2 is 1.41 bits per heavy atom.